The molecular formula is C10H12FN5. The van der Waals surface area contributed by atoms with E-state index in [1.54, 1.807) is 12.1 Å². The van der Waals surface area contributed by atoms with Crippen molar-refractivity contribution in [3.05, 3.63) is 35.1 Å². The second-order valence-electron chi connectivity index (χ2n) is 2.88. The van der Waals surface area contributed by atoms with Gasteiger partial charge in [0.2, 0.25) is 5.84 Å². The lowest BCUT2D eigenvalue weighted by molar-refractivity contribution is 0.610. The molecule has 1 aromatic rings. The Balaban J connectivity index is 3.16. The number of amidine groups is 1. The molecule has 0 radical (unpaired) electrons. The summed E-state index contributed by atoms with van der Waals surface area (Å²) in [6, 6.07) is 4.53. The molecule has 0 fully saturated rings. The van der Waals surface area contributed by atoms with Crippen LogP contribution in [0.5, 0.6) is 0 Å². The minimum absolute atomic E-state index is 0.146. The first-order chi connectivity index (χ1) is 7.72. The first kappa shape index (κ1) is 12.1. The zero-order valence-electron chi connectivity index (χ0n) is 8.89. The molecule has 0 aliphatic carbocycles. The van der Waals surface area contributed by atoms with Crippen LogP contribution in [0.1, 0.15) is 11.1 Å². The van der Waals surface area contributed by atoms with Gasteiger partial charge in [-0.2, -0.15) is 10.2 Å². The van der Waals surface area contributed by atoms with E-state index in [-0.39, 0.29) is 12.4 Å². The van der Waals surface area contributed by atoms with Crippen molar-refractivity contribution in [1.29, 1.82) is 0 Å². The molecule has 0 aliphatic rings. The standard InChI is InChI=1S/C10H12FN5/c1-13-15-10(16-14-2)7-3-4-8(6-12)9(11)5-7/h3-5H,1,6,12H2,2H3/b15-10-,16-14-. The Bertz CT molecular complexity index is 439. The normalized spacial score (nSPS) is 12.1. The lowest BCUT2D eigenvalue weighted by atomic mass is 10.1. The van der Waals surface area contributed by atoms with Crippen molar-refractivity contribution >= 4 is 12.6 Å². The highest BCUT2D eigenvalue weighted by Gasteiger charge is 2.07. The summed E-state index contributed by atoms with van der Waals surface area (Å²) in [6.07, 6.45) is 0. The second-order valence-corrected chi connectivity index (χ2v) is 2.88. The Kier molecular flexibility index (Phi) is 4.41. The molecule has 0 unspecified atom stereocenters. The highest BCUT2D eigenvalue weighted by Crippen LogP contribution is 2.11. The molecule has 0 heterocycles. The van der Waals surface area contributed by atoms with Gasteiger partial charge in [-0.1, -0.05) is 12.1 Å². The van der Waals surface area contributed by atoms with Crippen LogP contribution in [0, 0.1) is 5.82 Å². The van der Waals surface area contributed by atoms with Gasteiger partial charge in [0, 0.05) is 31.4 Å². The van der Waals surface area contributed by atoms with Crippen LogP contribution in [0.15, 0.2) is 38.6 Å². The zero-order chi connectivity index (χ0) is 12.0. The number of nitrogens with two attached hydrogens (primary N) is 1. The molecule has 0 amide bonds. The van der Waals surface area contributed by atoms with E-state index in [2.05, 4.69) is 27.1 Å². The van der Waals surface area contributed by atoms with Crippen LogP contribution in [0.4, 0.5) is 4.39 Å². The summed E-state index contributed by atoms with van der Waals surface area (Å²) in [7, 11) is 1.49. The highest BCUT2D eigenvalue weighted by molar-refractivity contribution is 5.99. The number of rotatable bonds is 3. The molecule has 0 atom stereocenters. The van der Waals surface area contributed by atoms with E-state index in [9.17, 15) is 4.39 Å². The maximum Gasteiger partial charge on any atom is 0.203 e. The molecule has 1 aromatic carbocycles. The third-order valence-corrected chi connectivity index (χ3v) is 1.89. The lowest BCUT2D eigenvalue weighted by Crippen LogP contribution is -2.03. The summed E-state index contributed by atoms with van der Waals surface area (Å²) in [6.45, 7) is 3.36. The number of benzene rings is 1. The van der Waals surface area contributed by atoms with Crippen LogP contribution in [-0.2, 0) is 6.54 Å². The van der Waals surface area contributed by atoms with Gasteiger partial charge in [0.15, 0.2) is 0 Å². The molecular weight excluding hydrogens is 209 g/mol. The van der Waals surface area contributed by atoms with Gasteiger partial charge in [-0.05, 0) is 6.07 Å². The maximum absolute atomic E-state index is 13.4. The Hall–Kier alpha value is -1.95. The molecule has 2 N–H and O–H groups in total. The van der Waals surface area contributed by atoms with Crippen LogP contribution in [0.3, 0.4) is 0 Å². The molecule has 1 rings (SSSR count). The van der Waals surface area contributed by atoms with Gasteiger partial charge in [-0.3, -0.25) is 0 Å². The molecule has 16 heavy (non-hydrogen) atoms. The van der Waals surface area contributed by atoms with Gasteiger partial charge < -0.3 is 5.73 Å². The smallest absolute Gasteiger partial charge is 0.203 e. The summed E-state index contributed by atoms with van der Waals surface area (Å²) >= 11 is 0. The Morgan fingerprint density at radius 3 is 2.75 bits per heavy atom. The summed E-state index contributed by atoms with van der Waals surface area (Å²) in [4.78, 5) is 0. The fourth-order valence-corrected chi connectivity index (χ4v) is 1.15. The van der Waals surface area contributed by atoms with Crippen molar-refractivity contribution in [2.24, 2.45) is 26.2 Å². The van der Waals surface area contributed by atoms with E-state index in [0.29, 0.717) is 11.1 Å². The first-order valence-corrected chi connectivity index (χ1v) is 4.55. The molecule has 0 saturated heterocycles. The lowest BCUT2D eigenvalue weighted by Gasteiger charge is -2.02. The van der Waals surface area contributed by atoms with E-state index in [0.717, 1.165) is 0 Å². The quantitative estimate of drug-likeness (QED) is 0.359. The van der Waals surface area contributed by atoms with Crippen LogP contribution in [-0.4, -0.2) is 19.6 Å². The highest BCUT2D eigenvalue weighted by atomic mass is 19.1. The van der Waals surface area contributed by atoms with Crippen LogP contribution >= 0.6 is 0 Å². The van der Waals surface area contributed by atoms with Crippen molar-refractivity contribution in [3.8, 4) is 0 Å². The van der Waals surface area contributed by atoms with Gasteiger partial charge in [0.25, 0.3) is 0 Å². The summed E-state index contributed by atoms with van der Waals surface area (Å²) in [5.74, 6) is -0.192. The van der Waals surface area contributed by atoms with Gasteiger partial charge >= 0.3 is 0 Å². The van der Waals surface area contributed by atoms with Crippen molar-refractivity contribution in [3.63, 3.8) is 0 Å². The van der Waals surface area contributed by atoms with Gasteiger partial charge in [0.1, 0.15) is 5.82 Å². The molecule has 0 spiro atoms. The van der Waals surface area contributed by atoms with Gasteiger partial charge in [-0.25, -0.2) is 4.39 Å². The molecule has 0 saturated carbocycles. The average Bonchev–Trinajstić information content (AvgIpc) is 2.28. The zero-order valence-corrected chi connectivity index (χ0v) is 8.89. The molecule has 6 heteroatoms. The third-order valence-electron chi connectivity index (χ3n) is 1.89. The summed E-state index contributed by atoms with van der Waals surface area (Å²) in [5, 5.41) is 14.3. The fraction of sp³-hybridized carbons (Fsp3) is 0.200. The van der Waals surface area contributed by atoms with Crippen molar-refractivity contribution < 1.29 is 4.39 Å². The number of hydrogen-bond donors (Lipinski definition) is 1. The fourth-order valence-electron chi connectivity index (χ4n) is 1.15. The number of azo groups is 1. The van der Waals surface area contributed by atoms with Crippen LogP contribution in [0.25, 0.3) is 0 Å². The molecule has 0 bridgehead atoms. The Labute approximate surface area is 92.6 Å². The van der Waals surface area contributed by atoms with E-state index in [1.165, 1.54) is 13.1 Å². The van der Waals surface area contributed by atoms with Crippen molar-refractivity contribution in [2.75, 3.05) is 7.05 Å². The second kappa shape index (κ2) is 5.82. The van der Waals surface area contributed by atoms with E-state index in [1.807, 2.05) is 0 Å². The minimum Gasteiger partial charge on any atom is -0.326 e. The van der Waals surface area contributed by atoms with E-state index >= 15 is 0 Å². The molecule has 84 valence electrons. The van der Waals surface area contributed by atoms with Crippen LogP contribution in [0.2, 0.25) is 0 Å². The number of halogens is 1. The SMILES string of the molecule is C=N/N=C(\N=N/C)c1ccc(CN)c(F)c1. The summed E-state index contributed by atoms with van der Waals surface area (Å²) < 4.78 is 13.4. The third kappa shape index (κ3) is 2.77. The molecule has 0 aromatic heterocycles. The van der Waals surface area contributed by atoms with Crippen LogP contribution < -0.4 is 5.73 Å². The van der Waals surface area contributed by atoms with E-state index < -0.39 is 5.82 Å². The predicted molar refractivity (Wildman–Crippen MR) is 61.2 cm³/mol. The maximum atomic E-state index is 13.4. The van der Waals surface area contributed by atoms with E-state index in [4.69, 9.17) is 5.73 Å². The largest absolute Gasteiger partial charge is 0.326 e. The molecule has 0 aliphatic heterocycles. The number of nitrogens with zero attached hydrogens (tertiary/aromatic N) is 4. The first-order valence-electron chi connectivity index (χ1n) is 4.55. The minimum atomic E-state index is -0.400. The average molecular weight is 221 g/mol. The number of hydrogen-bond acceptors (Lipinski definition) is 4. The predicted octanol–water partition coefficient (Wildman–Crippen LogP) is 1.73. The Morgan fingerprint density at radius 2 is 2.25 bits per heavy atom. The van der Waals surface area contributed by atoms with Crippen molar-refractivity contribution in [2.45, 2.75) is 6.54 Å². The summed E-state index contributed by atoms with van der Waals surface area (Å²) in [5.41, 5.74) is 6.27. The van der Waals surface area contributed by atoms with Gasteiger partial charge in [-0.15, -0.1) is 10.2 Å². The van der Waals surface area contributed by atoms with Crippen molar-refractivity contribution in [1.82, 2.24) is 0 Å². The topological polar surface area (TPSA) is 75.5 Å². The monoisotopic (exact) mass is 221 g/mol. The Morgan fingerprint density at radius 1 is 1.50 bits per heavy atom. The van der Waals surface area contributed by atoms with Gasteiger partial charge in [0.05, 0.1) is 0 Å². The molecule has 5 nitrogen and oxygen atoms in total.